The minimum Gasteiger partial charge on any atom is -0.319 e. The molecule has 1 saturated carbocycles. The lowest BCUT2D eigenvalue weighted by molar-refractivity contribution is 0.0927. The van der Waals surface area contributed by atoms with Gasteiger partial charge in [0, 0.05) is 25.7 Å². The van der Waals surface area contributed by atoms with E-state index >= 15 is 0 Å². The lowest BCUT2D eigenvalue weighted by Gasteiger charge is -2.40. The molecular weight excluding hydrogens is 232 g/mol. The Hall–Kier alpha value is -0.0800. The molecule has 0 bridgehead atoms. The van der Waals surface area contributed by atoms with Crippen LogP contribution in [-0.4, -0.2) is 37.6 Å². The van der Waals surface area contributed by atoms with Crippen molar-refractivity contribution in [1.29, 1.82) is 0 Å². The zero-order valence-corrected chi connectivity index (χ0v) is 14.0. The van der Waals surface area contributed by atoms with Crippen molar-refractivity contribution < 1.29 is 0 Å². The van der Waals surface area contributed by atoms with Gasteiger partial charge in [0.15, 0.2) is 0 Å². The molecule has 0 amide bonds. The van der Waals surface area contributed by atoms with E-state index in [0.29, 0.717) is 5.41 Å². The molecule has 2 heteroatoms. The maximum Gasteiger partial charge on any atom is 0.00903 e. The van der Waals surface area contributed by atoms with Crippen LogP contribution in [0.2, 0.25) is 0 Å². The average molecular weight is 268 g/mol. The Morgan fingerprint density at radius 2 is 1.68 bits per heavy atom. The van der Waals surface area contributed by atoms with E-state index in [4.69, 9.17) is 0 Å². The van der Waals surface area contributed by atoms with Crippen molar-refractivity contribution in [2.45, 2.75) is 72.3 Å². The molecule has 0 aromatic rings. The summed E-state index contributed by atoms with van der Waals surface area (Å²) in [7, 11) is 2.12. The van der Waals surface area contributed by atoms with E-state index in [2.05, 4.69) is 45.0 Å². The summed E-state index contributed by atoms with van der Waals surface area (Å²) in [6, 6.07) is 0.775. The first-order chi connectivity index (χ1) is 9.06. The van der Waals surface area contributed by atoms with Crippen LogP contribution in [-0.2, 0) is 0 Å². The molecule has 0 aromatic carbocycles. The molecule has 0 atom stereocenters. The minimum atomic E-state index is 0.548. The molecule has 0 unspecified atom stereocenters. The Morgan fingerprint density at radius 3 is 2.11 bits per heavy atom. The topological polar surface area (TPSA) is 15.3 Å². The van der Waals surface area contributed by atoms with Crippen LogP contribution in [0.4, 0.5) is 0 Å². The van der Waals surface area contributed by atoms with Gasteiger partial charge in [0.1, 0.15) is 0 Å². The average Bonchev–Trinajstić information content (AvgIpc) is 2.79. The molecule has 1 aliphatic rings. The van der Waals surface area contributed by atoms with Gasteiger partial charge in [-0.1, -0.05) is 40.5 Å². The molecule has 0 spiro atoms. The van der Waals surface area contributed by atoms with Gasteiger partial charge < -0.3 is 5.32 Å². The highest BCUT2D eigenvalue weighted by Crippen LogP contribution is 2.39. The Balaban J connectivity index is 2.73. The summed E-state index contributed by atoms with van der Waals surface area (Å²) >= 11 is 0. The van der Waals surface area contributed by atoms with Gasteiger partial charge in [-0.2, -0.15) is 0 Å². The predicted octanol–water partition coefficient (Wildman–Crippen LogP) is 3.91. The molecule has 1 rings (SSSR count). The first-order valence-electron chi connectivity index (χ1n) is 8.45. The van der Waals surface area contributed by atoms with E-state index in [1.165, 1.54) is 58.2 Å². The lowest BCUT2D eigenvalue weighted by atomic mass is 9.84. The third kappa shape index (κ3) is 5.07. The fraction of sp³-hybridized carbons (Fsp3) is 1.00. The molecule has 0 heterocycles. The third-order valence-electron chi connectivity index (χ3n) is 4.81. The first kappa shape index (κ1) is 17.0. The smallest absolute Gasteiger partial charge is 0.00903 e. The summed E-state index contributed by atoms with van der Waals surface area (Å²) in [5.41, 5.74) is 0.548. The fourth-order valence-corrected chi connectivity index (χ4v) is 3.94. The molecular formula is C17H36N2. The second-order valence-corrected chi connectivity index (χ2v) is 7.03. The van der Waals surface area contributed by atoms with Gasteiger partial charge in [-0.15, -0.1) is 0 Å². The standard InChI is InChI=1S/C17H36N2/c1-6-16(7-2)19(12-15(3)4)14-17(13-18-5)10-8-9-11-17/h15-16,18H,6-14H2,1-5H3. The van der Waals surface area contributed by atoms with E-state index in [1.807, 2.05) is 0 Å². The van der Waals surface area contributed by atoms with Crippen molar-refractivity contribution in [2.24, 2.45) is 11.3 Å². The minimum absolute atomic E-state index is 0.548. The fourth-order valence-electron chi connectivity index (χ4n) is 3.94. The molecule has 0 aromatic heterocycles. The summed E-state index contributed by atoms with van der Waals surface area (Å²) in [6.45, 7) is 13.2. The number of nitrogens with zero attached hydrogens (tertiary/aromatic N) is 1. The van der Waals surface area contributed by atoms with Crippen molar-refractivity contribution >= 4 is 0 Å². The van der Waals surface area contributed by atoms with Gasteiger partial charge in [-0.05, 0) is 44.1 Å². The van der Waals surface area contributed by atoms with E-state index in [0.717, 1.165) is 12.0 Å². The van der Waals surface area contributed by atoms with Crippen LogP contribution < -0.4 is 5.32 Å². The van der Waals surface area contributed by atoms with Crippen LogP contribution in [0.3, 0.4) is 0 Å². The summed E-state index contributed by atoms with van der Waals surface area (Å²) in [5, 5.41) is 3.46. The van der Waals surface area contributed by atoms with Gasteiger partial charge in [-0.25, -0.2) is 0 Å². The summed E-state index contributed by atoms with van der Waals surface area (Å²) < 4.78 is 0. The Labute approximate surface area is 121 Å². The Kier molecular flexibility index (Phi) is 7.38. The predicted molar refractivity (Wildman–Crippen MR) is 85.6 cm³/mol. The van der Waals surface area contributed by atoms with Crippen LogP contribution in [0, 0.1) is 11.3 Å². The molecule has 0 saturated heterocycles. The normalized spacial score (nSPS) is 18.9. The molecule has 1 aliphatic carbocycles. The van der Waals surface area contributed by atoms with Crippen molar-refractivity contribution in [1.82, 2.24) is 10.2 Å². The summed E-state index contributed by atoms with van der Waals surface area (Å²) in [6.07, 6.45) is 8.28. The zero-order valence-electron chi connectivity index (χ0n) is 14.0. The van der Waals surface area contributed by atoms with Crippen LogP contribution in [0.5, 0.6) is 0 Å². The van der Waals surface area contributed by atoms with Crippen molar-refractivity contribution in [3.63, 3.8) is 0 Å². The molecule has 2 nitrogen and oxygen atoms in total. The highest BCUT2D eigenvalue weighted by molar-refractivity contribution is 4.90. The van der Waals surface area contributed by atoms with Crippen molar-refractivity contribution in [3.8, 4) is 0 Å². The van der Waals surface area contributed by atoms with Crippen LogP contribution in [0.15, 0.2) is 0 Å². The monoisotopic (exact) mass is 268 g/mol. The van der Waals surface area contributed by atoms with Crippen LogP contribution in [0.25, 0.3) is 0 Å². The molecule has 1 N–H and O–H groups in total. The van der Waals surface area contributed by atoms with Crippen LogP contribution in [0.1, 0.15) is 66.2 Å². The van der Waals surface area contributed by atoms with E-state index in [9.17, 15) is 0 Å². The highest BCUT2D eigenvalue weighted by atomic mass is 15.2. The van der Waals surface area contributed by atoms with E-state index < -0.39 is 0 Å². The number of hydrogen-bond acceptors (Lipinski definition) is 2. The van der Waals surface area contributed by atoms with Gasteiger partial charge in [0.2, 0.25) is 0 Å². The van der Waals surface area contributed by atoms with Gasteiger partial charge in [0.25, 0.3) is 0 Å². The summed E-state index contributed by atoms with van der Waals surface area (Å²) in [5.74, 6) is 0.772. The second-order valence-electron chi connectivity index (χ2n) is 7.03. The molecule has 0 aliphatic heterocycles. The van der Waals surface area contributed by atoms with Gasteiger partial charge >= 0.3 is 0 Å². The zero-order chi connectivity index (χ0) is 14.3. The third-order valence-corrected chi connectivity index (χ3v) is 4.81. The van der Waals surface area contributed by atoms with Crippen molar-refractivity contribution in [3.05, 3.63) is 0 Å². The van der Waals surface area contributed by atoms with Crippen molar-refractivity contribution in [2.75, 3.05) is 26.7 Å². The Bertz CT molecular complexity index is 227. The maximum absolute atomic E-state index is 3.46. The van der Waals surface area contributed by atoms with E-state index in [1.54, 1.807) is 0 Å². The molecule has 0 radical (unpaired) electrons. The molecule has 19 heavy (non-hydrogen) atoms. The van der Waals surface area contributed by atoms with Gasteiger partial charge in [0.05, 0.1) is 0 Å². The summed E-state index contributed by atoms with van der Waals surface area (Å²) in [4.78, 5) is 2.80. The molecule has 114 valence electrons. The molecule has 1 fully saturated rings. The highest BCUT2D eigenvalue weighted by Gasteiger charge is 2.36. The van der Waals surface area contributed by atoms with Gasteiger partial charge in [-0.3, -0.25) is 4.90 Å². The number of nitrogens with one attached hydrogen (secondary N) is 1. The number of hydrogen-bond donors (Lipinski definition) is 1. The maximum atomic E-state index is 3.46. The number of rotatable bonds is 9. The quantitative estimate of drug-likeness (QED) is 0.682. The second kappa shape index (κ2) is 8.26. The first-order valence-corrected chi connectivity index (χ1v) is 8.45. The largest absolute Gasteiger partial charge is 0.319 e. The lowest BCUT2D eigenvalue weighted by Crippen LogP contribution is -2.47. The van der Waals surface area contributed by atoms with Crippen LogP contribution >= 0.6 is 0 Å². The van der Waals surface area contributed by atoms with E-state index in [-0.39, 0.29) is 0 Å². The SMILES string of the molecule is CCC(CC)N(CC(C)C)CC1(CNC)CCCC1. The Morgan fingerprint density at radius 1 is 1.11 bits per heavy atom.